The number of ether oxygens (including phenoxy) is 2. The van der Waals surface area contributed by atoms with Gasteiger partial charge in [0.15, 0.2) is 6.61 Å². The summed E-state index contributed by atoms with van der Waals surface area (Å²) in [6, 6.07) is 5.80. The van der Waals surface area contributed by atoms with Gasteiger partial charge in [-0.2, -0.15) is 0 Å². The quantitative estimate of drug-likeness (QED) is 0.759. The molecule has 0 aliphatic carbocycles. The van der Waals surface area contributed by atoms with Crippen LogP contribution in [0, 0.1) is 0 Å². The van der Waals surface area contributed by atoms with Crippen molar-refractivity contribution in [2.24, 2.45) is 0 Å². The minimum Gasteiger partial charge on any atom is -0.480 e. The minimum atomic E-state index is -0.380. The van der Waals surface area contributed by atoms with Crippen LogP contribution in [0.4, 0.5) is 0 Å². The summed E-state index contributed by atoms with van der Waals surface area (Å²) in [6.45, 7) is 2.03. The zero-order valence-electron chi connectivity index (χ0n) is 9.97. The van der Waals surface area contributed by atoms with Gasteiger partial charge < -0.3 is 13.9 Å². The van der Waals surface area contributed by atoms with Gasteiger partial charge in [0.05, 0.1) is 12.6 Å². The van der Waals surface area contributed by atoms with Crippen LogP contribution in [0.5, 0.6) is 5.75 Å². The lowest BCUT2D eigenvalue weighted by Crippen LogP contribution is -2.12. The maximum absolute atomic E-state index is 11.0. The molecule has 0 amide bonds. The molecule has 0 radical (unpaired) electrons. The Morgan fingerprint density at radius 1 is 1.47 bits per heavy atom. The standard InChI is InChI=1S/C13H15NO3/c1-3-10-7-11-12(17-9-13(15)16-2)5-4-6-14(11)8-10/h4-8H,3,9H2,1-2H3. The molecule has 90 valence electrons. The number of aromatic nitrogens is 1. The Morgan fingerprint density at radius 3 is 3.00 bits per heavy atom. The van der Waals surface area contributed by atoms with E-state index in [4.69, 9.17) is 4.74 Å². The molecule has 0 saturated heterocycles. The van der Waals surface area contributed by atoms with Gasteiger partial charge in [-0.25, -0.2) is 4.79 Å². The molecule has 0 spiro atoms. The third-order valence-corrected chi connectivity index (χ3v) is 2.63. The Balaban J connectivity index is 2.27. The van der Waals surface area contributed by atoms with E-state index >= 15 is 0 Å². The molecule has 2 heterocycles. The molecular weight excluding hydrogens is 218 g/mol. The number of carbonyl (C=O) groups excluding carboxylic acids is 1. The highest BCUT2D eigenvalue weighted by atomic mass is 16.6. The van der Waals surface area contributed by atoms with Crippen molar-refractivity contribution in [3.8, 4) is 5.75 Å². The molecule has 0 bridgehead atoms. The molecule has 0 N–H and O–H groups in total. The lowest BCUT2D eigenvalue weighted by Gasteiger charge is -2.06. The van der Waals surface area contributed by atoms with Gasteiger partial charge in [0.2, 0.25) is 0 Å². The van der Waals surface area contributed by atoms with Gasteiger partial charge in [-0.1, -0.05) is 6.92 Å². The number of methoxy groups -OCH3 is 1. The first kappa shape index (κ1) is 11.5. The largest absolute Gasteiger partial charge is 0.480 e. The van der Waals surface area contributed by atoms with Gasteiger partial charge in [0.25, 0.3) is 0 Å². The lowest BCUT2D eigenvalue weighted by atomic mass is 10.2. The topological polar surface area (TPSA) is 39.9 Å². The Kier molecular flexibility index (Phi) is 3.32. The van der Waals surface area contributed by atoms with Crippen LogP contribution in [0.3, 0.4) is 0 Å². The SMILES string of the molecule is CCc1cc2c(OCC(=O)OC)cccn2c1. The smallest absolute Gasteiger partial charge is 0.343 e. The zero-order valence-corrected chi connectivity index (χ0v) is 9.97. The van der Waals surface area contributed by atoms with E-state index in [1.807, 2.05) is 22.7 Å². The maximum atomic E-state index is 11.0. The molecule has 0 unspecified atom stereocenters. The first-order valence-electron chi connectivity index (χ1n) is 5.53. The summed E-state index contributed by atoms with van der Waals surface area (Å²) in [5, 5.41) is 0. The number of pyridine rings is 1. The van der Waals surface area contributed by atoms with E-state index in [1.54, 1.807) is 0 Å². The number of fused-ring (bicyclic) bond motifs is 1. The number of hydrogen-bond donors (Lipinski definition) is 0. The van der Waals surface area contributed by atoms with Crippen LogP contribution in [-0.4, -0.2) is 24.1 Å². The Labute approximate surface area is 99.8 Å². The molecule has 17 heavy (non-hydrogen) atoms. The van der Waals surface area contributed by atoms with E-state index < -0.39 is 0 Å². The van der Waals surface area contributed by atoms with Crippen molar-refractivity contribution >= 4 is 11.5 Å². The molecule has 2 rings (SSSR count). The summed E-state index contributed by atoms with van der Waals surface area (Å²) < 4.78 is 12.0. The van der Waals surface area contributed by atoms with E-state index in [0.29, 0.717) is 5.75 Å². The van der Waals surface area contributed by atoms with Crippen molar-refractivity contribution in [2.75, 3.05) is 13.7 Å². The predicted octanol–water partition coefficient (Wildman–Crippen LogP) is 2.05. The monoisotopic (exact) mass is 233 g/mol. The van der Waals surface area contributed by atoms with E-state index in [0.717, 1.165) is 11.9 Å². The first-order valence-corrected chi connectivity index (χ1v) is 5.53. The van der Waals surface area contributed by atoms with Crippen LogP contribution in [0.15, 0.2) is 30.6 Å². The van der Waals surface area contributed by atoms with E-state index in [1.165, 1.54) is 12.7 Å². The van der Waals surface area contributed by atoms with Crippen molar-refractivity contribution in [3.05, 3.63) is 36.2 Å². The molecule has 4 nitrogen and oxygen atoms in total. The molecular formula is C13H15NO3. The fourth-order valence-corrected chi connectivity index (χ4v) is 1.68. The van der Waals surface area contributed by atoms with Crippen molar-refractivity contribution in [1.29, 1.82) is 0 Å². The first-order chi connectivity index (χ1) is 8.24. The van der Waals surface area contributed by atoms with E-state index in [-0.39, 0.29) is 12.6 Å². The highest BCUT2D eigenvalue weighted by molar-refractivity contribution is 5.71. The van der Waals surface area contributed by atoms with Crippen LogP contribution in [-0.2, 0) is 16.0 Å². The summed E-state index contributed by atoms with van der Waals surface area (Å²) >= 11 is 0. The van der Waals surface area contributed by atoms with Crippen molar-refractivity contribution in [2.45, 2.75) is 13.3 Å². The number of esters is 1. The van der Waals surface area contributed by atoms with Crippen LogP contribution < -0.4 is 4.74 Å². The van der Waals surface area contributed by atoms with Crippen molar-refractivity contribution in [3.63, 3.8) is 0 Å². The van der Waals surface area contributed by atoms with Crippen LogP contribution in [0.25, 0.3) is 5.52 Å². The molecule has 0 aliphatic rings. The molecule has 2 aromatic heterocycles. The molecule has 0 fully saturated rings. The minimum absolute atomic E-state index is 0.0667. The fraction of sp³-hybridized carbons (Fsp3) is 0.308. The molecule has 4 heteroatoms. The zero-order chi connectivity index (χ0) is 12.3. The number of rotatable bonds is 4. The number of aryl methyl sites for hydroxylation is 1. The second-order valence-corrected chi connectivity index (χ2v) is 3.73. The van der Waals surface area contributed by atoms with Gasteiger partial charge in [0.1, 0.15) is 5.75 Å². The second kappa shape index (κ2) is 4.91. The molecule has 0 atom stereocenters. The molecule has 0 aliphatic heterocycles. The number of nitrogens with zero attached hydrogens (tertiary/aromatic N) is 1. The van der Waals surface area contributed by atoms with Gasteiger partial charge >= 0.3 is 5.97 Å². The van der Waals surface area contributed by atoms with Gasteiger partial charge in [-0.15, -0.1) is 0 Å². The summed E-state index contributed by atoms with van der Waals surface area (Å²) in [5.74, 6) is 0.312. The van der Waals surface area contributed by atoms with Crippen molar-refractivity contribution in [1.82, 2.24) is 4.40 Å². The average molecular weight is 233 g/mol. The number of hydrogen-bond acceptors (Lipinski definition) is 3. The van der Waals surface area contributed by atoms with Gasteiger partial charge in [-0.3, -0.25) is 0 Å². The van der Waals surface area contributed by atoms with Crippen molar-refractivity contribution < 1.29 is 14.3 Å². The highest BCUT2D eigenvalue weighted by Gasteiger charge is 2.07. The fourth-order valence-electron chi connectivity index (χ4n) is 1.68. The van der Waals surface area contributed by atoms with E-state index in [2.05, 4.69) is 23.9 Å². The third-order valence-electron chi connectivity index (χ3n) is 2.63. The third kappa shape index (κ3) is 2.41. The maximum Gasteiger partial charge on any atom is 0.343 e. The molecule has 0 aromatic carbocycles. The van der Waals surface area contributed by atoms with Crippen LogP contribution >= 0.6 is 0 Å². The van der Waals surface area contributed by atoms with E-state index in [9.17, 15) is 4.79 Å². The highest BCUT2D eigenvalue weighted by Crippen LogP contribution is 2.22. The molecule has 2 aromatic rings. The predicted molar refractivity (Wildman–Crippen MR) is 64.3 cm³/mol. The Bertz CT molecular complexity index is 530. The number of carbonyl (C=O) groups is 1. The Hall–Kier alpha value is -1.97. The average Bonchev–Trinajstić information content (AvgIpc) is 2.79. The lowest BCUT2D eigenvalue weighted by molar-refractivity contribution is -0.142. The Morgan fingerprint density at radius 2 is 2.29 bits per heavy atom. The molecule has 0 saturated carbocycles. The van der Waals surface area contributed by atoms with Crippen LogP contribution in [0.1, 0.15) is 12.5 Å². The van der Waals surface area contributed by atoms with Crippen LogP contribution in [0.2, 0.25) is 0 Å². The van der Waals surface area contributed by atoms with Gasteiger partial charge in [-0.05, 0) is 30.2 Å². The summed E-state index contributed by atoms with van der Waals surface area (Å²) in [7, 11) is 1.35. The van der Waals surface area contributed by atoms with Gasteiger partial charge in [0, 0.05) is 12.4 Å². The second-order valence-electron chi connectivity index (χ2n) is 3.73. The summed E-state index contributed by atoms with van der Waals surface area (Å²) in [5.41, 5.74) is 2.20. The normalized spacial score (nSPS) is 10.5. The summed E-state index contributed by atoms with van der Waals surface area (Å²) in [6.07, 6.45) is 4.98. The summed E-state index contributed by atoms with van der Waals surface area (Å²) in [4.78, 5) is 11.0.